The minimum atomic E-state index is -0.271. The van der Waals surface area contributed by atoms with Crippen LogP contribution in [0.4, 0.5) is 11.5 Å². The summed E-state index contributed by atoms with van der Waals surface area (Å²) in [5.74, 6) is 1.04. The van der Waals surface area contributed by atoms with Crippen molar-refractivity contribution in [3.63, 3.8) is 0 Å². The Morgan fingerprint density at radius 3 is 2.59 bits per heavy atom. The number of carbonyl (C=O) groups is 2. The zero-order valence-corrected chi connectivity index (χ0v) is 16.0. The minimum absolute atomic E-state index is 0.0671. The van der Waals surface area contributed by atoms with Gasteiger partial charge in [0.05, 0.1) is 7.11 Å². The summed E-state index contributed by atoms with van der Waals surface area (Å²) in [6.07, 6.45) is 2.07. The van der Waals surface area contributed by atoms with E-state index in [1.807, 2.05) is 18.2 Å². The highest BCUT2D eigenvalue weighted by Gasteiger charge is 2.31. The maximum absolute atomic E-state index is 12.6. The van der Waals surface area contributed by atoms with Gasteiger partial charge < -0.3 is 15.0 Å². The molecule has 1 atom stereocenters. The van der Waals surface area contributed by atoms with Crippen LogP contribution in [0, 0.1) is 0 Å². The van der Waals surface area contributed by atoms with Gasteiger partial charge in [-0.1, -0.05) is 30.3 Å². The molecule has 1 aliphatic heterocycles. The molecule has 0 radical (unpaired) electrons. The molecular formula is C23H21N3O3. The molecule has 1 N–H and O–H groups in total. The number of aromatic nitrogens is 1. The Labute approximate surface area is 169 Å². The first-order valence-corrected chi connectivity index (χ1v) is 9.41. The van der Waals surface area contributed by atoms with Gasteiger partial charge in [0.2, 0.25) is 5.91 Å². The smallest absolute Gasteiger partial charge is 0.256 e. The van der Waals surface area contributed by atoms with Gasteiger partial charge in [-0.25, -0.2) is 4.98 Å². The van der Waals surface area contributed by atoms with E-state index in [1.165, 1.54) is 0 Å². The lowest BCUT2D eigenvalue weighted by atomic mass is 9.99. The van der Waals surface area contributed by atoms with E-state index in [0.717, 1.165) is 11.3 Å². The number of amides is 2. The van der Waals surface area contributed by atoms with Crippen LogP contribution < -0.4 is 15.0 Å². The van der Waals surface area contributed by atoms with Gasteiger partial charge in [0.25, 0.3) is 5.91 Å². The summed E-state index contributed by atoms with van der Waals surface area (Å²) in [5.41, 5.74) is 2.39. The number of nitrogens with one attached hydrogen (secondary N) is 1. The molecule has 0 spiro atoms. The number of anilines is 2. The first-order valence-electron chi connectivity index (χ1n) is 9.41. The molecule has 6 heteroatoms. The summed E-state index contributed by atoms with van der Waals surface area (Å²) < 4.78 is 5.11. The van der Waals surface area contributed by atoms with Gasteiger partial charge in [0.15, 0.2) is 0 Å². The number of rotatable bonds is 5. The molecule has 1 fully saturated rings. The van der Waals surface area contributed by atoms with E-state index in [4.69, 9.17) is 4.74 Å². The Kier molecular flexibility index (Phi) is 5.24. The Morgan fingerprint density at radius 1 is 1.10 bits per heavy atom. The van der Waals surface area contributed by atoms with E-state index in [1.54, 1.807) is 54.6 Å². The molecule has 3 aromatic rings. The highest BCUT2D eigenvalue weighted by Crippen LogP contribution is 2.32. The van der Waals surface area contributed by atoms with Gasteiger partial charge in [-0.05, 0) is 35.9 Å². The molecule has 0 bridgehead atoms. The third kappa shape index (κ3) is 4.11. The van der Waals surface area contributed by atoms with E-state index < -0.39 is 0 Å². The van der Waals surface area contributed by atoms with Crippen molar-refractivity contribution in [1.29, 1.82) is 0 Å². The fourth-order valence-electron chi connectivity index (χ4n) is 3.49. The lowest BCUT2D eigenvalue weighted by Crippen LogP contribution is -2.24. The summed E-state index contributed by atoms with van der Waals surface area (Å²) in [7, 11) is 1.58. The quantitative estimate of drug-likeness (QED) is 0.722. The first kappa shape index (κ1) is 18.7. The van der Waals surface area contributed by atoms with Crippen molar-refractivity contribution >= 4 is 23.3 Å². The van der Waals surface area contributed by atoms with Gasteiger partial charge in [-0.15, -0.1) is 0 Å². The van der Waals surface area contributed by atoms with Gasteiger partial charge >= 0.3 is 0 Å². The molecule has 146 valence electrons. The largest absolute Gasteiger partial charge is 0.497 e. The Balaban J connectivity index is 1.48. The Morgan fingerprint density at radius 2 is 1.86 bits per heavy atom. The SMILES string of the molecule is COc1ccc(C(=O)Nc2cc(N3CC(c4ccccc4)CC3=O)ccn2)cc1. The molecule has 0 aliphatic carbocycles. The molecule has 4 rings (SSSR count). The fraction of sp³-hybridized carbons (Fsp3) is 0.174. The van der Waals surface area contributed by atoms with Gasteiger partial charge in [0.1, 0.15) is 11.6 Å². The average molecular weight is 387 g/mol. The highest BCUT2D eigenvalue weighted by atomic mass is 16.5. The van der Waals surface area contributed by atoms with Crippen LogP contribution in [0.25, 0.3) is 0 Å². The Hall–Kier alpha value is -3.67. The molecular weight excluding hydrogens is 366 g/mol. The van der Waals surface area contributed by atoms with Crippen LogP contribution in [0.5, 0.6) is 5.75 Å². The van der Waals surface area contributed by atoms with Gasteiger partial charge in [-0.3, -0.25) is 9.59 Å². The van der Waals surface area contributed by atoms with Crippen LogP contribution in [0.15, 0.2) is 72.9 Å². The second-order valence-corrected chi connectivity index (χ2v) is 6.90. The third-order valence-corrected chi connectivity index (χ3v) is 5.05. The van der Waals surface area contributed by atoms with Crippen molar-refractivity contribution < 1.29 is 14.3 Å². The lowest BCUT2D eigenvalue weighted by molar-refractivity contribution is -0.117. The van der Waals surface area contributed by atoms with Crippen LogP contribution in [0.1, 0.15) is 28.3 Å². The molecule has 1 saturated heterocycles. The van der Waals surface area contributed by atoms with Crippen molar-refractivity contribution in [2.75, 3.05) is 23.9 Å². The molecule has 6 nitrogen and oxygen atoms in total. The predicted octanol–water partition coefficient (Wildman–Crippen LogP) is 3.86. The van der Waals surface area contributed by atoms with Crippen molar-refractivity contribution in [1.82, 2.24) is 4.98 Å². The number of benzene rings is 2. The topological polar surface area (TPSA) is 71.5 Å². The maximum Gasteiger partial charge on any atom is 0.256 e. The number of hydrogen-bond donors (Lipinski definition) is 1. The average Bonchev–Trinajstić information content (AvgIpc) is 3.16. The second kappa shape index (κ2) is 8.14. The van der Waals surface area contributed by atoms with E-state index in [0.29, 0.717) is 30.1 Å². The molecule has 1 unspecified atom stereocenters. The second-order valence-electron chi connectivity index (χ2n) is 6.90. The summed E-state index contributed by atoms with van der Waals surface area (Å²) >= 11 is 0. The zero-order valence-electron chi connectivity index (χ0n) is 16.0. The lowest BCUT2D eigenvalue weighted by Gasteiger charge is -2.17. The molecule has 1 aliphatic rings. The van der Waals surface area contributed by atoms with Crippen molar-refractivity contribution in [3.05, 3.63) is 84.1 Å². The molecule has 2 heterocycles. The molecule has 2 aromatic carbocycles. The molecule has 2 amide bonds. The van der Waals surface area contributed by atoms with Crippen LogP contribution in [-0.2, 0) is 4.79 Å². The Bertz CT molecular complexity index is 1020. The number of pyridine rings is 1. The van der Waals surface area contributed by atoms with Crippen LogP contribution in [0.3, 0.4) is 0 Å². The highest BCUT2D eigenvalue weighted by molar-refractivity contribution is 6.04. The summed E-state index contributed by atoms with van der Waals surface area (Å²) in [4.78, 5) is 31.0. The van der Waals surface area contributed by atoms with Gasteiger partial charge in [-0.2, -0.15) is 0 Å². The summed E-state index contributed by atoms with van der Waals surface area (Å²) in [6, 6.07) is 20.4. The maximum atomic E-state index is 12.6. The van der Waals surface area contributed by atoms with Crippen LogP contribution >= 0.6 is 0 Å². The van der Waals surface area contributed by atoms with Crippen LogP contribution in [0.2, 0.25) is 0 Å². The minimum Gasteiger partial charge on any atom is -0.497 e. The van der Waals surface area contributed by atoms with E-state index >= 15 is 0 Å². The van der Waals surface area contributed by atoms with E-state index in [2.05, 4.69) is 22.4 Å². The fourth-order valence-corrected chi connectivity index (χ4v) is 3.49. The first-order chi connectivity index (χ1) is 14.1. The predicted molar refractivity (Wildman–Crippen MR) is 111 cm³/mol. The summed E-state index contributed by atoms with van der Waals surface area (Å²) in [5, 5.41) is 2.79. The normalized spacial score (nSPS) is 16.0. The summed E-state index contributed by atoms with van der Waals surface area (Å²) in [6.45, 7) is 0.610. The zero-order chi connectivity index (χ0) is 20.2. The molecule has 29 heavy (non-hydrogen) atoms. The monoisotopic (exact) mass is 387 g/mol. The number of hydrogen-bond acceptors (Lipinski definition) is 4. The molecule has 1 aromatic heterocycles. The number of carbonyl (C=O) groups excluding carboxylic acids is 2. The van der Waals surface area contributed by atoms with Crippen molar-refractivity contribution in [2.24, 2.45) is 0 Å². The third-order valence-electron chi connectivity index (χ3n) is 5.05. The van der Waals surface area contributed by atoms with E-state index in [9.17, 15) is 9.59 Å². The van der Waals surface area contributed by atoms with Crippen molar-refractivity contribution in [2.45, 2.75) is 12.3 Å². The molecule has 0 saturated carbocycles. The van der Waals surface area contributed by atoms with Crippen molar-refractivity contribution in [3.8, 4) is 5.75 Å². The van der Waals surface area contributed by atoms with E-state index in [-0.39, 0.29) is 17.7 Å². The van der Waals surface area contributed by atoms with Gasteiger partial charge in [0, 0.05) is 42.4 Å². The number of nitrogens with zero attached hydrogens (tertiary/aromatic N) is 2. The number of methoxy groups -OCH3 is 1. The standard InChI is InChI=1S/C23H21N3O3/c1-29-20-9-7-17(8-10-20)23(28)25-21-14-19(11-12-24-21)26-15-18(13-22(26)27)16-5-3-2-4-6-16/h2-12,14,18H,13,15H2,1H3,(H,24,25,28). The number of ether oxygens (including phenoxy) is 1. The van der Waals surface area contributed by atoms with Crippen LogP contribution in [-0.4, -0.2) is 30.5 Å².